The van der Waals surface area contributed by atoms with Gasteiger partial charge in [0.15, 0.2) is 0 Å². The molecule has 2 amide bonds. The minimum absolute atomic E-state index is 0.0884. The van der Waals surface area contributed by atoms with Crippen LogP contribution in [0.5, 0.6) is 5.75 Å². The predicted octanol–water partition coefficient (Wildman–Crippen LogP) is 4.44. The Morgan fingerprint density at radius 3 is 2.92 bits per heavy atom. The van der Waals surface area contributed by atoms with E-state index >= 15 is 4.39 Å². The summed E-state index contributed by atoms with van der Waals surface area (Å²) in [5, 5.41) is 14.1. The minimum Gasteiger partial charge on any atom is -0.490 e. The molecule has 0 aliphatic carbocycles. The maximum absolute atomic E-state index is 15.4. The fourth-order valence-corrected chi connectivity index (χ4v) is 5.96. The summed E-state index contributed by atoms with van der Waals surface area (Å²) in [7, 11) is 1.51. The molecule has 0 radical (unpaired) electrons. The normalized spacial score (nSPS) is 19.2. The first-order valence-electron chi connectivity index (χ1n) is 12.9. The first kappa shape index (κ1) is 28.3. The summed E-state index contributed by atoms with van der Waals surface area (Å²) in [6.45, 7) is 1.16. The number of aromatic nitrogens is 1. The van der Waals surface area contributed by atoms with Crippen LogP contribution >= 0.6 is 22.9 Å². The number of thiazole rings is 1. The van der Waals surface area contributed by atoms with Crippen molar-refractivity contribution in [1.82, 2.24) is 15.2 Å². The molecule has 0 spiro atoms. The standard InChI is InChI=1S/C28H29ClFN3O6S/c1-37-15-19(34)9-26-31-13-25(40-26)22-10-23(30)21(27(35)32-12-16-2-4-17(29)5-3-16)11-24(22)39-20-6-7-33-18(8-20)14-38-28(33)36/h2-5,10-11,13,18-20,34H,6-9,12,14-15H2,1H3,(H,32,35)/t18-,19?,20-/m0/s1. The van der Waals surface area contributed by atoms with Gasteiger partial charge in [-0.2, -0.15) is 0 Å². The van der Waals surface area contributed by atoms with Crippen molar-refractivity contribution in [3.63, 3.8) is 0 Å². The van der Waals surface area contributed by atoms with Crippen LogP contribution in [0.2, 0.25) is 5.02 Å². The van der Waals surface area contributed by atoms with Crippen LogP contribution in [-0.2, 0) is 22.4 Å². The molecule has 40 heavy (non-hydrogen) atoms. The Hall–Kier alpha value is -3.25. The number of nitrogens with zero attached hydrogens (tertiary/aromatic N) is 2. The smallest absolute Gasteiger partial charge is 0.410 e. The van der Waals surface area contributed by atoms with Gasteiger partial charge in [0.05, 0.1) is 34.2 Å². The molecule has 5 rings (SSSR count). The second-order valence-corrected chi connectivity index (χ2v) is 11.3. The predicted molar refractivity (Wildman–Crippen MR) is 147 cm³/mol. The molecule has 1 aromatic heterocycles. The molecule has 2 fully saturated rings. The Morgan fingerprint density at radius 2 is 2.15 bits per heavy atom. The van der Waals surface area contributed by atoms with Crippen LogP contribution in [-0.4, -0.2) is 72.1 Å². The number of piperidine rings is 1. The van der Waals surface area contributed by atoms with Gasteiger partial charge in [-0.05, 0) is 29.8 Å². The molecule has 2 saturated heterocycles. The molecule has 0 saturated carbocycles. The van der Waals surface area contributed by atoms with Gasteiger partial charge in [0.25, 0.3) is 5.91 Å². The number of aliphatic hydroxyl groups is 1. The number of ether oxygens (including phenoxy) is 3. The summed E-state index contributed by atoms with van der Waals surface area (Å²) in [5.41, 5.74) is 1.13. The molecule has 3 atom stereocenters. The number of hydrogen-bond donors (Lipinski definition) is 2. The molecule has 2 aliphatic rings. The largest absolute Gasteiger partial charge is 0.490 e. The Morgan fingerprint density at radius 1 is 1.35 bits per heavy atom. The van der Waals surface area contributed by atoms with E-state index in [2.05, 4.69) is 10.3 Å². The summed E-state index contributed by atoms with van der Waals surface area (Å²) < 4.78 is 31.9. The number of methoxy groups -OCH3 is 1. The minimum atomic E-state index is -0.718. The second kappa shape index (κ2) is 12.5. The Kier molecular flexibility index (Phi) is 8.84. The van der Waals surface area contributed by atoms with Crippen molar-refractivity contribution < 1.29 is 33.3 Å². The molecule has 2 N–H and O–H groups in total. The highest BCUT2D eigenvalue weighted by atomic mass is 35.5. The lowest BCUT2D eigenvalue weighted by Gasteiger charge is -2.33. The summed E-state index contributed by atoms with van der Waals surface area (Å²) >= 11 is 7.24. The van der Waals surface area contributed by atoms with Crippen LogP contribution in [0, 0.1) is 5.82 Å². The van der Waals surface area contributed by atoms with Gasteiger partial charge in [0.2, 0.25) is 0 Å². The second-order valence-electron chi connectivity index (χ2n) is 9.76. The molecule has 2 aromatic carbocycles. The third-order valence-corrected chi connectivity index (χ3v) is 8.17. The van der Waals surface area contributed by atoms with E-state index in [1.165, 1.54) is 30.6 Å². The van der Waals surface area contributed by atoms with Gasteiger partial charge in [-0.25, -0.2) is 14.2 Å². The summed E-state index contributed by atoms with van der Waals surface area (Å²) in [6, 6.07) is 9.62. The molecule has 1 unspecified atom stereocenters. The van der Waals surface area contributed by atoms with E-state index in [4.69, 9.17) is 25.8 Å². The van der Waals surface area contributed by atoms with Crippen molar-refractivity contribution in [2.75, 3.05) is 26.9 Å². The van der Waals surface area contributed by atoms with Crippen LogP contribution in [0.3, 0.4) is 0 Å². The SMILES string of the molecule is COCC(O)Cc1ncc(-c2cc(F)c(C(=O)NCc3ccc(Cl)cc3)cc2O[C@H]2CCN3C(=O)OC[C@@H]3C2)s1. The molecule has 12 heteroatoms. The van der Waals surface area contributed by atoms with E-state index in [1.54, 1.807) is 35.4 Å². The monoisotopic (exact) mass is 589 g/mol. The molecular weight excluding hydrogens is 561 g/mol. The molecule has 3 aromatic rings. The van der Waals surface area contributed by atoms with Gasteiger partial charge >= 0.3 is 6.09 Å². The molecule has 212 valence electrons. The van der Waals surface area contributed by atoms with Gasteiger partial charge in [0.1, 0.15) is 24.3 Å². The van der Waals surface area contributed by atoms with Gasteiger partial charge in [-0.3, -0.25) is 4.79 Å². The number of cyclic esters (lactones) is 1. The Balaban J connectivity index is 1.40. The number of halogens is 2. The highest BCUT2D eigenvalue weighted by Crippen LogP contribution is 2.38. The maximum Gasteiger partial charge on any atom is 0.410 e. The molecule has 0 bridgehead atoms. The van der Waals surface area contributed by atoms with Crippen molar-refractivity contribution in [2.24, 2.45) is 0 Å². The van der Waals surface area contributed by atoms with Crippen molar-refractivity contribution >= 4 is 34.9 Å². The van der Waals surface area contributed by atoms with E-state index in [9.17, 15) is 14.7 Å². The van der Waals surface area contributed by atoms with E-state index in [0.717, 1.165) is 5.56 Å². The van der Waals surface area contributed by atoms with Crippen LogP contribution in [0.1, 0.15) is 33.8 Å². The third-order valence-electron chi connectivity index (χ3n) is 6.86. The zero-order valence-corrected chi connectivity index (χ0v) is 23.3. The number of aliphatic hydroxyl groups excluding tert-OH is 1. The third kappa shape index (κ3) is 6.55. The number of hydrogen-bond acceptors (Lipinski definition) is 8. The van der Waals surface area contributed by atoms with Gasteiger partial charge in [-0.15, -0.1) is 11.3 Å². The topological polar surface area (TPSA) is 110 Å². The first-order chi connectivity index (χ1) is 19.3. The average Bonchev–Trinajstić information content (AvgIpc) is 3.55. The van der Waals surface area contributed by atoms with Crippen molar-refractivity contribution in [1.29, 1.82) is 0 Å². The highest BCUT2D eigenvalue weighted by Gasteiger charge is 2.39. The van der Waals surface area contributed by atoms with Gasteiger partial charge in [0, 0.05) is 56.2 Å². The Labute approximate surface area is 239 Å². The van der Waals surface area contributed by atoms with E-state index in [1.807, 2.05) is 0 Å². The van der Waals surface area contributed by atoms with Crippen molar-refractivity contribution in [3.05, 3.63) is 69.6 Å². The van der Waals surface area contributed by atoms with Crippen LogP contribution in [0.15, 0.2) is 42.6 Å². The number of carbonyl (C=O) groups is 2. The fraction of sp³-hybridized carbons (Fsp3) is 0.393. The van der Waals surface area contributed by atoms with Gasteiger partial charge < -0.3 is 29.5 Å². The number of nitrogens with one attached hydrogen (secondary N) is 1. The van der Waals surface area contributed by atoms with Gasteiger partial charge in [-0.1, -0.05) is 23.7 Å². The zero-order valence-electron chi connectivity index (χ0n) is 21.8. The maximum atomic E-state index is 15.4. The van der Waals surface area contributed by atoms with E-state index < -0.39 is 17.8 Å². The fourth-order valence-electron chi connectivity index (χ4n) is 4.83. The quantitative estimate of drug-likeness (QED) is 0.360. The number of carbonyl (C=O) groups excluding carboxylic acids is 2. The molecule has 9 nitrogen and oxygen atoms in total. The van der Waals surface area contributed by atoms with Crippen LogP contribution in [0.4, 0.5) is 9.18 Å². The van der Waals surface area contributed by atoms with Crippen LogP contribution in [0.25, 0.3) is 10.4 Å². The number of amides is 2. The summed E-state index contributed by atoms with van der Waals surface area (Å²) in [4.78, 5) is 31.7. The molecule has 3 heterocycles. The Bertz CT molecular complexity index is 1370. The number of rotatable bonds is 10. The van der Waals surface area contributed by atoms with E-state index in [0.29, 0.717) is 52.2 Å². The van der Waals surface area contributed by atoms with E-state index in [-0.39, 0.29) is 43.4 Å². The lowest BCUT2D eigenvalue weighted by Crippen LogP contribution is -2.44. The number of fused-ring (bicyclic) bond motifs is 1. The molecular formula is C28H29ClFN3O6S. The zero-order chi connectivity index (χ0) is 28.2. The first-order valence-corrected chi connectivity index (χ1v) is 14.1. The summed E-state index contributed by atoms with van der Waals surface area (Å²) in [6.07, 6.45) is 1.71. The van der Waals surface area contributed by atoms with Crippen molar-refractivity contribution in [2.45, 2.75) is 44.1 Å². The highest BCUT2D eigenvalue weighted by molar-refractivity contribution is 7.15. The summed E-state index contributed by atoms with van der Waals surface area (Å²) in [5.74, 6) is -0.939. The lowest BCUT2D eigenvalue weighted by molar-refractivity contribution is 0.0650. The lowest BCUT2D eigenvalue weighted by atomic mass is 10.0. The van der Waals surface area contributed by atoms with Crippen molar-refractivity contribution in [3.8, 4) is 16.2 Å². The average molecular weight is 590 g/mol. The van der Waals surface area contributed by atoms with Crippen LogP contribution < -0.4 is 10.1 Å². The number of benzene rings is 2. The molecule has 2 aliphatic heterocycles.